The number of hydrogen-bond acceptors (Lipinski definition) is 1. The molecule has 0 aromatic heterocycles. The van der Waals surface area contributed by atoms with Crippen molar-refractivity contribution in [2.45, 2.75) is 32.0 Å². The van der Waals surface area contributed by atoms with E-state index in [2.05, 4.69) is 31.1 Å². The zero-order valence-electron chi connectivity index (χ0n) is 14.5. The van der Waals surface area contributed by atoms with Gasteiger partial charge in [0.15, 0.2) is 0 Å². The smallest absolute Gasteiger partial charge is 0.129 e. The molecule has 0 spiro atoms. The number of allylic oxidation sites excluding steroid dienone is 2. The molecule has 0 aliphatic carbocycles. The van der Waals surface area contributed by atoms with Crippen LogP contribution in [0.4, 0.5) is 8.78 Å². The number of hydrogen-bond donors (Lipinski definition) is 0. The second kappa shape index (κ2) is 7.54. The van der Waals surface area contributed by atoms with E-state index in [0.29, 0.717) is 23.7 Å². The van der Waals surface area contributed by atoms with Crippen LogP contribution in [0, 0.1) is 23.1 Å². The molecule has 2 rings (SSSR count). The molecule has 1 nitrogen and oxygen atoms in total. The van der Waals surface area contributed by atoms with Gasteiger partial charge in [-0.1, -0.05) is 37.3 Å². The Bertz CT molecular complexity index is 738. The first-order chi connectivity index (χ1) is 11.2. The summed E-state index contributed by atoms with van der Waals surface area (Å²) in [4.78, 5) is 1.88. The number of halogens is 3. The standard InChI is InChI=1S/C19H22ClF2NSi/c1-23-13-14(7-10-19(23)20)16(6-5-11-24(2,3)4)17-12-15(21)8-9-18(17)22/h7-10,12,16H,6,13H2,1-4H3. The molecule has 0 bridgehead atoms. The molecule has 1 aliphatic heterocycles. The Morgan fingerprint density at radius 1 is 1.25 bits per heavy atom. The third kappa shape index (κ3) is 4.96. The van der Waals surface area contributed by atoms with Gasteiger partial charge >= 0.3 is 0 Å². The normalized spacial score (nSPS) is 16.0. The molecule has 1 atom stereocenters. The second-order valence-electron chi connectivity index (χ2n) is 7.06. The van der Waals surface area contributed by atoms with E-state index >= 15 is 0 Å². The van der Waals surface area contributed by atoms with E-state index in [1.807, 2.05) is 18.0 Å². The van der Waals surface area contributed by atoms with Gasteiger partial charge in [-0.25, -0.2) is 8.78 Å². The highest BCUT2D eigenvalue weighted by atomic mass is 35.5. The summed E-state index contributed by atoms with van der Waals surface area (Å²) in [5, 5.41) is 0.630. The molecule has 128 valence electrons. The fourth-order valence-electron chi connectivity index (χ4n) is 2.57. The third-order valence-electron chi connectivity index (χ3n) is 3.77. The van der Waals surface area contributed by atoms with E-state index in [-0.39, 0.29) is 5.92 Å². The van der Waals surface area contributed by atoms with Gasteiger partial charge < -0.3 is 4.90 Å². The fraction of sp³-hybridized carbons (Fsp3) is 0.368. The van der Waals surface area contributed by atoms with Gasteiger partial charge in [-0.3, -0.25) is 0 Å². The monoisotopic (exact) mass is 365 g/mol. The van der Waals surface area contributed by atoms with Crippen LogP contribution in [0.2, 0.25) is 19.6 Å². The van der Waals surface area contributed by atoms with Crippen LogP contribution in [0.25, 0.3) is 0 Å². The van der Waals surface area contributed by atoms with Gasteiger partial charge in [0.2, 0.25) is 0 Å². The molecule has 1 unspecified atom stereocenters. The molecule has 0 saturated heterocycles. The first-order valence-electron chi connectivity index (χ1n) is 7.90. The Labute approximate surface area is 149 Å². The van der Waals surface area contributed by atoms with Crippen molar-refractivity contribution in [3.8, 4) is 11.5 Å². The summed E-state index contributed by atoms with van der Waals surface area (Å²) < 4.78 is 28.0. The Morgan fingerprint density at radius 3 is 2.58 bits per heavy atom. The topological polar surface area (TPSA) is 3.24 Å². The average Bonchev–Trinajstić information content (AvgIpc) is 2.48. The van der Waals surface area contributed by atoms with Gasteiger partial charge in [0, 0.05) is 25.9 Å². The molecule has 0 radical (unpaired) electrons. The minimum Gasteiger partial charge on any atom is -0.361 e. The zero-order valence-corrected chi connectivity index (χ0v) is 16.2. The van der Waals surface area contributed by atoms with E-state index in [4.69, 9.17) is 11.6 Å². The minimum atomic E-state index is -1.52. The van der Waals surface area contributed by atoms with Gasteiger partial charge in [-0.05, 0) is 35.4 Å². The van der Waals surface area contributed by atoms with Crippen LogP contribution >= 0.6 is 11.6 Å². The summed E-state index contributed by atoms with van der Waals surface area (Å²) in [7, 11) is 0.358. The Morgan fingerprint density at radius 2 is 1.96 bits per heavy atom. The first-order valence-corrected chi connectivity index (χ1v) is 11.8. The average molecular weight is 366 g/mol. The van der Waals surface area contributed by atoms with E-state index in [0.717, 1.165) is 11.6 Å². The molecular weight excluding hydrogens is 344 g/mol. The van der Waals surface area contributed by atoms with E-state index in [1.54, 1.807) is 6.08 Å². The molecule has 1 aromatic carbocycles. The molecule has 5 heteroatoms. The maximum atomic E-state index is 14.3. The number of benzene rings is 1. The third-order valence-corrected chi connectivity index (χ3v) is 5.11. The molecule has 24 heavy (non-hydrogen) atoms. The Kier molecular flexibility index (Phi) is 5.90. The largest absolute Gasteiger partial charge is 0.361 e. The number of nitrogens with zero attached hydrogens (tertiary/aromatic N) is 1. The van der Waals surface area contributed by atoms with Crippen LogP contribution in [0.3, 0.4) is 0 Å². The van der Waals surface area contributed by atoms with Gasteiger partial charge in [-0.2, -0.15) is 0 Å². The zero-order chi connectivity index (χ0) is 17.9. The highest BCUT2D eigenvalue weighted by molar-refractivity contribution is 6.83. The summed E-state index contributed by atoms with van der Waals surface area (Å²) in [5.41, 5.74) is 4.64. The van der Waals surface area contributed by atoms with Crippen molar-refractivity contribution in [2.75, 3.05) is 13.6 Å². The summed E-state index contributed by atoms with van der Waals surface area (Å²) in [6.45, 7) is 7.06. The summed E-state index contributed by atoms with van der Waals surface area (Å²) in [5.74, 6) is 2.08. The molecule has 1 aliphatic rings. The second-order valence-corrected chi connectivity index (χ2v) is 12.2. The van der Waals surface area contributed by atoms with Crippen molar-refractivity contribution < 1.29 is 8.78 Å². The van der Waals surface area contributed by atoms with E-state index < -0.39 is 19.7 Å². The van der Waals surface area contributed by atoms with Crippen molar-refractivity contribution in [3.63, 3.8) is 0 Å². The molecule has 0 N–H and O–H groups in total. The van der Waals surface area contributed by atoms with Gasteiger partial charge in [0.05, 0.1) is 0 Å². The lowest BCUT2D eigenvalue weighted by molar-refractivity contribution is 0.457. The lowest BCUT2D eigenvalue weighted by Gasteiger charge is -2.28. The van der Waals surface area contributed by atoms with Crippen LogP contribution in [0.5, 0.6) is 0 Å². The van der Waals surface area contributed by atoms with Gasteiger partial charge in [0.25, 0.3) is 0 Å². The van der Waals surface area contributed by atoms with Crippen molar-refractivity contribution in [2.24, 2.45) is 0 Å². The van der Waals surface area contributed by atoms with Gasteiger partial charge in [0.1, 0.15) is 24.9 Å². The molecule has 0 fully saturated rings. The molecule has 1 aromatic rings. The number of likely N-dealkylation sites (N-methyl/N-ethyl adjacent to an activating group) is 1. The molecule has 0 amide bonds. The van der Waals surface area contributed by atoms with Gasteiger partial charge in [-0.15, -0.1) is 11.5 Å². The highest BCUT2D eigenvalue weighted by Gasteiger charge is 2.23. The van der Waals surface area contributed by atoms with Crippen LogP contribution < -0.4 is 0 Å². The van der Waals surface area contributed by atoms with Crippen LogP contribution in [0.15, 0.2) is 41.1 Å². The van der Waals surface area contributed by atoms with Crippen LogP contribution in [0.1, 0.15) is 17.9 Å². The highest BCUT2D eigenvalue weighted by Crippen LogP contribution is 2.33. The molecule has 0 saturated carbocycles. The first kappa shape index (κ1) is 18.8. The van der Waals surface area contributed by atoms with Crippen LogP contribution in [-0.2, 0) is 0 Å². The number of rotatable bonds is 3. The maximum Gasteiger partial charge on any atom is 0.129 e. The summed E-state index contributed by atoms with van der Waals surface area (Å²) in [6, 6.07) is 3.60. The molecule has 1 heterocycles. The summed E-state index contributed by atoms with van der Waals surface area (Å²) in [6.07, 6.45) is 4.15. The lowest BCUT2D eigenvalue weighted by atomic mass is 9.86. The maximum absolute atomic E-state index is 14.3. The predicted octanol–water partition coefficient (Wildman–Crippen LogP) is 5.27. The predicted molar refractivity (Wildman–Crippen MR) is 99.5 cm³/mol. The Hall–Kier alpha value is -1.57. The van der Waals surface area contributed by atoms with Crippen molar-refractivity contribution in [1.29, 1.82) is 0 Å². The van der Waals surface area contributed by atoms with Crippen molar-refractivity contribution in [3.05, 3.63) is 58.3 Å². The van der Waals surface area contributed by atoms with Crippen molar-refractivity contribution in [1.82, 2.24) is 4.90 Å². The van der Waals surface area contributed by atoms with Crippen molar-refractivity contribution >= 4 is 19.7 Å². The Balaban J connectivity index is 2.42. The lowest BCUT2D eigenvalue weighted by Crippen LogP contribution is -2.24. The SMILES string of the molecule is CN1CC(C(CC#C[Si](C)(C)C)c2cc(F)ccc2F)=CC=C1Cl. The summed E-state index contributed by atoms with van der Waals surface area (Å²) >= 11 is 6.09. The van der Waals surface area contributed by atoms with Crippen LogP contribution in [-0.4, -0.2) is 26.6 Å². The van der Waals surface area contributed by atoms with E-state index in [9.17, 15) is 8.78 Å². The fourth-order valence-corrected chi connectivity index (χ4v) is 3.33. The minimum absolute atomic E-state index is 0.284. The van der Waals surface area contributed by atoms with E-state index in [1.165, 1.54) is 12.1 Å². The quantitative estimate of drug-likeness (QED) is 0.400. The molecular formula is C19H22ClF2NSi.